The molecule has 0 spiro atoms. The van der Waals surface area contributed by atoms with Gasteiger partial charge in [0.15, 0.2) is 0 Å². The Balaban J connectivity index is 2.13. The Hall–Kier alpha value is -0.960. The molecule has 1 aromatic rings. The van der Waals surface area contributed by atoms with Gasteiger partial charge in [-0.15, -0.1) is 11.8 Å². The smallest absolute Gasteiger partial charge is 0.220 e. The van der Waals surface area contributed by atoms with Crippen molar-refractivity contribution in [2.75, 3.05) is 12.8 Å². The summed E-state index contributed by atoms with van der Waals surface area (Å²) >= 11 is 1.74. The van der Waals surface area contributed by atoms with Gasteiger partial charge >= 0.3 is 0 Å². The summed E-state index contributed by atoms with van der Waals surface area (Å²) in [7, 11) is 0. The van der Waals surface area contributed by atoms with Crippen LogP contribution in [-0.4, -0.2) is 18.7 Å². The van der Waals surface area contributed by atoms with Gasteiger partial charge in [0.1, 0.15) is 0 Å². The number of hydrogen-bond acceptors (Lipinski definition) is 2. The number of thioether (sulfide) groups is 1. The minimum absolute atomic E-state index is 0.170. The van der Waals surface area contributed by atoms with Crippen molar-refractivity contribution in [3.05, 3.63) is 29.8 Å². The SMILES string of the molecule is CSc1ccc(C2CNC(=O)C2)cc1. The average molecular weight is 207 g/mol. The summed E-state index contributed by atoms with van der Waals surface area (Å²) < 4.78 is 0. The minimum atomic E-state index is 0.170. The zero-order valence-electron chi connectivity index (χ0n) is 8.12. The highest BCUT2D eigenvalue weighted by molar-refractivity contribution is 7.98. The first kappa shape index (κ1) is 9.59. The number of carbonyl (C=O) groups excluding carboxylic acids is 1. The van der Waals surface area contributed by atoms with Crippen LogP contribution in [0, 0.1) is 0 Å². The van der Waals surface area contributed by atoms with E-state index >= 15 is 0 Å². The van der Waals surface area contributed by atoms with E-state index in [1.165, 1.54) is 10.5 Å². The van der Waals surface area contributed by atoms with E-state index in [1.54, 1.807) is 11.8 Å². The molecule has 1 amide bonds. The number of carbonyl (C=O) groups is 1. The van der Waals surface area contributed by atoms with Crippen molar-refractivity contribution in [3.8, 4) is 0 Å². The predicted molar refractivity (Wildman–Crippen MR) is 58.6 cm³/mol. The van der Waals surface area contributed by atoms with Gasteiger partial charge in [-0.1, -0.05) is 12.1 Å². The Kier molecular flexibility index (Phi) is 2.77. The number of amides is 1. The number of hydrogen-bond donors (Lipinski definition) is 1. The summed E-state index contributed by atoms with van der Waals surface area (Å²) in [5.74, 6) is 0.544. The molecule has 1 aromatic carbocycles. The lowest BCUT2D eigenvalue weighted by Crippen LogP contribution is -2.13. The van der Waals surface area contributed by atoms with Crippen molar-refractivity contribution in [1.82, 2.24) is 5.32 Å². The fourth-order valence-electron chi connectivity index (χ4n) is 1.72. The van der Waals surface area contributed by atoms with Gasteiger partial charge in [0.05, 0.1) is 0 Å². The second kappa shape index (κ2) is 4.05. The molecule has 3 heteroatoms. The van der Waals surface area contributed by atoms with E-state index in [0.29, 0.717) is 12.3 Å². The lowest BCUT2D eigenvalue weighted by molar-refractivity contribution is -0.119. The number of rotatable bonds is 2. The maximum Gasteiger partial charge on any atom is 0.220 e. The van der Waals surface area contributed by atoms with E-state index in [-0.39, 0.29) is 5.91 Å². The van der Waals surface area contributed by atoms with Gasteiger partial charge in [0, 0.05) is 23.8 Å². The molecular weight excluding hydrogens is 194 g/mol. The summed E-state index contributed by atoms with van der Waals surface area (Å²) in [6.45, 7) is 0.789. The van der Waals surface area contributed by atoms with Crippen LogP contribution in [0.2, 0.25) is 0 Å². The predicted octanol–water partition coefficient (Wildman–Crippen LogP) is 2.01. The molecule has 1 aliphatic heterocycles. The lowest BCUT2D eigenvalue weighted by atomic mass is 9.99. The molecular formula is C11H13NOS. The van der Waals surface area contributed by atoms with Crippen LogP contribution in [0.4, 0.5) is 0 Å². The van der Waals surface area contributed by atoms with Gasteiger partial charge in [-0.2, -0.15) is 0 Å². The fraction of sp³-hybridized carbons (Fsp3) is 0.364. The molecule has 1 unspecified atom stereocenters. The molecule has 74 valence electrons. The van der Waals surface area contributed by atoms with E-state index in [4.69, 9.17) is 0 Å². The van der Waals surface area contributed by atoms with E-state index in [2.05, 4.69) is 35.8 Å². The van der Waals surface area contributed by atoms with Gasteiger partial charge in [-0.25, -0.2) is 0 Å². The fourth-order valence-corrected chi connectivity index (χ4v) is 2.13. The molecule has 2 rings (SSSR count). The molecule has 1 fully saturated rings. The molecule has 0 bridgehead atoms. The van der Waals surface area contributed by atoms with E-state index in [1.807, 2.05) is 0 Å². The maximum absolute atomic E-state index is 11.0. The van der Waals surface area contributed by atoms with Gasteiger partial charge < -0.3 is 5.32 Å². The summed E-state index contributed by atoms with van der Waals surface area (Å²) in [5, 5.41) is 2.85. The molecule has 0 aliphatic carbocycles. The standard InChI is InChI=1S/C11H13NOS/c1-14-10-4-2-8(3-5-10)9-6-11(13)12-7-9/h2-5,9H,6-7H2,1H3,(H,12,13). The molecule has 1 saturated heterocycles. The second-order valence-corrected chi connectivity index (χ2v) is 4.36. The molecule has 0 radical (unpaired) electrons. The van der Waals surface area contributed by atoms with Crippen LogP contribution >= 0.6 is 11.8 Å². The number of nitrogens with one attached hydrogen (secondary N) is 1. The van der Waals surface area contributed by atoms with Crippen LogP contribution in [0.15, 0.2) is 29.2 Å². The van der Waals surface area contributed by atoms with Crippen molar-refractivity contribution in [3.63, 3.8) is 0 Å². The van der Waals surface area contributed by atoms with E-state index < -0.39 is 0 Å². The van der Waals surface area contributed by atoms with Crippen molar-refractivity contribution in [2.24, 2.45) is 0 Å². The normalized spacial score (nSPS) is 20.9. The zero-order valence-corrected chi connectivity index (χ0v) is 8.93. The van der Waals surface area contributed by atoms with Crippen LogP contribution in [0.5, 0.6) is 0 Å². The highest BCUT2D eigenvalue weighted by atomic mass is 32.2. The maximum atomic E-state index is 11.0. The van der Waals surface area contributed by atoms with Crippen molar-refractivity contribution in [1.29, 1.82) is 0 Å². The average Bonchev–Trinajstić information content (AvgIpc) is 2.65. The molecule has 1 heterocycles. The molecule has 1 atom stereocenters. The number of benzene rings is 1. The Morgan fingerprint density at radius 1 is 1.36 bits per heavy atom. The van der Waals surface area contributed by atoms with Crippen LogP contribution in [-0.2, 0) is 4.79 Å². The Labute approximate surface area is 88.1 Å². The second-order valence-electron chi connectivity index (χ2n) is 3.48. The van der Waals surface area contributed by atoms with Gasteiger partial charge in [-0.3, -0.25) is 4.79 Å². The Bertz CT molecular complexity index is 334. The minimum Gasteiger partial charge on any atom is -0.355 e. The van der Waals surface area contributed by atoms with Crippen LogP contribution in [0.25, 0.3) is 0 Å². The Morgan fingerprint density at radius 3 is 2.57 bits per heavy atom. The van der Waals surface area contributed by atoms with Gasteiger partial charge in [0.25, 0.3) is 0 Å². The van der Waals surface area contributed by atoms with E-state index in [9.17, 15) is 4.79 Å². The topological polar surface area (TPSA) is 29.1 Å². The van der Waals surface area contributed by atoms with Crippen molar-refractivity contribution < 1.29 is 4.79 Å². The molecule has 0 aromatic heterocycles. The van der Waals surface area contributed by atoms with Crippen molar-refractivity contribution >= 4 is 17.7 Å². The third kappa shape index (κ3) is 1.93. The summed E-state index contributed by atoms with van der Waals surface area (Å²) in [5.41, 5.74) is 1.26. The lowest BCUT2D eigenvalue weighted by Gasteiger charge is -2.07. The summed E-state index contributed by atoms with van der Waals surface area (Å²) in [6, 6.07) is 8.47. The first-order valence-corrected chi connectivity index (χ1v) is 5.92. The zero-order chi connectivity index (χ0) is 9.97. The first-order valence-electron chi connectivity index (χ1n) is 4.70. The van der Waals surface area contributed by atoms with Crippen LogP contribution < -0.4 is 5.32 Å². The molecule has 1 aliphatic rings. The quantitative estimate of drug-likeness (QED) is 0.752. The Morgan fingerprint density at radius 2 is 2.07 bits per heavy atom. The molecule has 0 saturated carbocycles. The highest BCUT2D eigenvalue weighted by Gasteiger charge is 2.22. The molecule has 1 N–H and O–H groups in total. The van der Waals surface area contributed by atoms with Gasteiger partial charge in [0.2, 0.25) is 5.91 Å². The highest BCUT2D eigenvalue weighted by Crippen LogP contribution is 2.24. The van der Waals surface area contributed by atoms with Gasteiger partial charge in [-0.05, 0) is 24.0 Å². The third-order valence-corrected chi connectivity index (χ3v) is 3.31. The third-order valence-electron chi connectivity index (χ3n) is 2.56. The summed E-state index contributed by atoms with van der Waals surface area (Å²) in [6.07, 6.45) is 2.70. The first-order chi connectivity index (χ1) is 6.79. The van der Waals surface area contributed by atoms with Crippen LogP contribution in [0.3, 0.4) is 0 Å². The summed E-state index contributed by atoms with van der Waals surface area (Å²) in [4.78, 5) is 12.3. The molecule has 14 heavy (non-hydrogen) atoms. The van der Waals surface area contributed by atoms with E-state index in [0.717, 1.165) is 6.54 Å². The largest absolute Gasteiger partial charge is 0.355 e. The molecule has 2 nitrogen and oxygen atoms in total. The monoisotopic (exact) mass is 207 g/mol. The van der Waals surface area contributed by atoms with Crippen LogP contribution in [0.1, 0.15) is 17.9 Å². The van der Waals surface area contributed by atoms with Crippen molar-refractivity contribution in [2.45, 2.75) is 17.2 Å².